The minimum Gasteiger partial charge on any atom is -0.494 e. The van der Waals surface area contributed by atoms with Crippen LogP contribution in [0.5, 0.6) is 5.75 Å². The van der Waals surface area contributed by atoms with Gasteiger partial charge in [-0.05, 0) is 43.1 Å². The fourth-order valence-corrected chi connectivity index (χ4v) is 2.37. The lowest BCUT2D eigenvalue weighted by Gasteiger charge is -2.12. The molecule has 1 aromatic rings. The van der Waals surface area contributed by atoms with Gasteiger partial charge in [0.25, 0.3) is 0 Å². The minimum atomic E-state index is -0.0343. The highest BCUT2D eigenvalue weighted by molar-refractivity contribution is 7.80. The van der Waals surface area contributed by atoms with Crippen LogP contribution in [0, 0.1) is 5.92 Å². The molecule has 2 N–H and O–H groups in total. The van der Waals surface area contributed by atoms with E-state index in [1.54, 1.807) is 0 Å². The van der Waals surface area contributed by atoms with Crippen LogP contribution < -0.4 is 15.4 Å². The fraction of sp³-hybridized carbons (Fsp3) is 0.579. The van der Waals surface area contributed by atoms with E-state index in [4.69, 9.17) is 17.0 Å². The van der Waals surface area contributed by atoms with Gasteiger partial charge in [-0.1, -0.05) is 46.1 Å². The molecule has 5 heteroatoms. The van der Waals surface area contributed by atoms with E-state index in [-0.39, 0.29) is 5.91 Å². The number of nitrogens with one attached hydrogen (secondary N) is 2. The van der Waals surface area contributed by atoms with Crippen molar-refractivity contribution in [2.45, 2.75) is 59.3 Å². The number of anilines is 1. The van der Waals surface area contributed by atoms with E-state index in [0.29, 0.717) is 24.1 Å². The van der Waals surface area contributed by atoms with E-state index >= 15 is 0 Å². The van der Waals surface area contributed by atoms with Gasteiger partial charge in [0, 0.05) is 18.2 Å². The summed E-state index contributed by atoms with van der Waals surface area (Å²) >= 11 is 5.20. The topological polar surface area (TPSA) is 50.4 Å². The molecule has 0 fully saturated rings. The number of thiocarbonyl (C=S) groups is 1. The molecule has 0 aliphatic carbocycles. The van der Waals surface area contributed by atoms with Gasteiger partial charge >= 0.3 is 0 Å². The Kier molecular flexibility index (Phi) is 10.1. The van der Waals surface area contributed by atoms with Crippen molar-refractivity contribution in [3.63, 3.8) is 0 Å². The maximum atomic E-state index is 11.8. The first-order valence-electron chi connectivity index (χ1n) is 8.85. The third-order valence-electron chi connectivity index (χ3n) is 3.57. The van der Waals surface area contributed by atoms with Gasteiger partial charge in [-0.3, -0.25) is 4.79 Å². The van der Waals surface area contributed by atoms with Crippen molar-refractivity contribution in [3.8, 4) is 5.75 Å². The number of carbonyl (C=O) groups excluding carboxylic acids is 1. The molecule has 24 heavy (non-hydrogen) atoms. The van der Waals surface area contributed by atoms with Gasteiger partial charge in [-0.25, -0.2) is 0 Å². The predicted molar refractivity (Wildman–Crippen MR) is 105 cm³/mol. The normalized spacial score (nSPS) is 10.5. The summed E-state index contributed by atoms with van der Waals surface area (Å²) in [6.45, 7) is 7.19. The summed E-state index contributed by atoms with van der Waals surface area (Å²) in [5.74, 6) is 1.38. The van der Waals surface area contributed by atoms with Crippen LogP contribution in [-0.4, -0.2) is 17.6 Å². The molecule has 0 aliphatic heterocycles. The minimum absolute atomic E-state index is 0.0343. The Morgan fingerprint density at radius 2 is 2.04 bits per heavy atom. The zero-order chi connectivity index (χ0) is 17.8. The monoisotopic (exact) mass is 350 g/mol. The van der Waals surface area contributed by atoms with Crippen LogP contribution in [0.2, 0.25) is 0 Å². The third-order valence-corrected chi connectivity index (χ3v) is 3.77. The molecule has 1 amide bonds. The SMILES string of the molecule is CCCCCCC(=O)NC(=S)Nc1cccc(OCCC(C)C)c1. The van der Waals surface area contributed by atoms with Crippen molar-refractivity contribution >= 4 is 28.9 Å². The number of carbonyl (C=O) groups is 1. The summed E-state index contributed by atoms with van der Waals surface area (Å²) in [7, 11) is 0. The summed E-state index contributed by atoms with van der Waals surface area (Å²) in [5, 5.41) is 6.09. The standard InChI is InChI=1S/C19H30N2O2S/c1-4-5-6-7-11-18(22)21-19(24)20-16-9-8-10-17(14-16)23-13-12-15(2)3/h8-10,14-15H,4-7,11-13H2,1-3H3,(H2,20,21,22,24). The van der Waals surface area contributed by atoms with Crippen LogP contribution in [-0.2, 0) is 4.79 Å². The third kappa shape index (κ3) is 9.50. The molecule has 0 heterocycles. The molecule has 0 saturated carbocycles. The lowest BCUT2D eigenvalue weighted by molar-refractivity contribution is -0.119. The fourth-order valence-electron chi connectivity index (χ4n) is 2.14. The number of unbranched alkanes of at least 4 members (excludes halogenated alkanes) is 3. The first-order chi connectivity index (χ1) is 11.5. The zero-order valence-electron chi connectivity index (χ0n) is 15.1. The van der Waals surface area contributed by atoms with Crippen molar-refractivity contribution in [1.82, 2.24) is 5.32 Å². The second kappa shape index (κ2) is 11.8. The van der Waals surface area contributed by atoms with Crippen molar-refractivity contribution < 1.29 is 9.53 Å². The van der Waals surface area contributed by atoms with Crippen LogP contribution in [0.3, 0.4) is 0 Å². The molecule has 1 aromatic carbocycles. The molecule has 0 aliphatic rings. The molecule has 1 rings (SSSR count). The summed E-state index contributed by atoms with van der Waals surface area (Å²) in [6, 6.07) is 7.61. The largest absolute Gasteiger partial charge is 0.494 e. The van der Waals surface area contributed by atoms with Gasteiger partial charge < -0.3 is 15.4 Å². The lowest BCUT2D eigenvalue weighted by atomic mass is 10.1. The average molecular weight is 351 g/mol. The van der Waals surface area contributed by atoms with Crippen molar-refractivity contribution in [2.75, 3.05) is 11.9 Å². The molecule has 0 unspecified atom stereocenters. The Labute approximate surface area is 151 Å². The maximum Gasteiger partial charge on any atom is 0.226 e. The van der Waals surface area contributed by atoms with Gasteiger partial charge in [-0.2, -0.15) is 0 Å². The Morgan fingerprint density at radius 1 is 1.25 bits per heavy atom. The Hall–Kier alpha value is -1.62. The summed E-state index contributed by atoms with van der Waals surface area (Å²) in [4.78, 5) is 11.8. The molecule has 4 nitrogen and oxygen atoms in total. The van der Waals surface area contributed by atoms with Crippen molar-refractivity contribution in [2.24, 2.45) is 5.92 Å². The summed E-state index contributed by atoms with van der Waals surface area (Å²) < 4.78 is 5.73. The van der Waals surface area contributed by atoms with Gasteiger partial charge in [0.2, 0.25) is 5.91 Å². The highest BCUT2D eigenvalue weighted by Gasteiger charge is 2.05. The van der Waals surface area contributed by atoms with Gasteiger partial charge in [0.1, 0.15) is 5.75 Å². The van der Waals surface area contributed by atoms with Crippen LogP contribution in [0.15, 0.2) is 24.3 Å². The van der Waals surface area contributed by atoms with E-state index in [2.05, 4.69) is 31.4 Å². The molecular weight excluding hydrogens is 320 g/mol. The lowest BCUT2D eigenvalue weighted by Crippen LogP contribution is -2.33. The Balaban J connectivity index is 2.36. The molecule has 0 radical (unpaired) electrons. The number of hydrogen-bond acceptors (Lipinski definition) is 3. The molecular formula is C19H30N2O2S. The van der Waals surface area contributed by atoms with Gasteiger partial charge in [0.05, 0.1) is 6.61 Å². The van der Waals surface area contributed by atoms with Gasteiger partial charge in [-0.15, -0.1) is 0 Å². The molecule has 0 spiro atoms. The van der Waals surface area contributed by atoms with E-state index in [1.807, 2.05) is 24.3 Å². The van der Waals surface area contributed by atoms with E-state index < -0.39 is 0 Å². The smallest absolute Gasteiger partial charge is 0.226 e. The number of hydrogen-bond donors (Lipinski definition) is 2. The molecule has 134 valence electrons. The molecule has 0 bridgehead atoms. The number of rotatable bonds is 10. The quantitative estimate of drug-likeness (QED) is 0.466. The van der Waals surface area contributed by atoms with Crippen LogP contribution in [0.25, 0.3) is 0 Å². The number of amides is 1. The number of ether oxygens (including phenoxy) is 1. The van der Waals surface area contributed by atoms with Crippen LogP contribution in [0.4, 0.5) is 5.69 Å². The molecule has 0 saturated heterocycles. The Bertz CT molecular complexity index is 518. The second-order valence-corrected chi connectivity index (χ2v) is 6.78. The molecule has 0 atom stereocenters. The highest BCUT2D eigenvalue weighted by atomic mass is 32.1. The molecule has 0 aromatic heterocycles. The van der Waals surface area contributed by atoms with Crippen LogP contribution in [0.1, 0.15) is 59.3 Å². The maximum absolute atomic E-state index is 11.8. The van der Waals surface area contributed by atoms with E-state index in [0.717, 1.165) is 37.1 Å². The van der Waals surface area contributed by atoms with Crippen LogP contribution >= 0.6 is 12.2 Å². The van der Waals surface area contributed by atoms with Crippen molar-refractivity contribution in [3.05, 3.63) is 24.3 Å². The van der Waals surface area contributed by atoms with Gasteiger partial charge in [0.15, 0.2) is 5.11 Å². The number of benzene rings is 1. The predicted octanol–water partition coefficient (Wildman–Crippen LogP) is 4.89. The van der Waals surface area contributed by atoms with E-state index in [1.165, 1.54) is 6.42 Å². The first kappa shape index (κ1) is 20.4. The summed E-state index contributed by atoms with van der Waals surface area (Å²) in [6.07, 6.45) is 5.85. The Morgan fingerprint density at radius 3 is 2.75 bits per heavy atom. The van der Waals surface area contributed by atoms with E-state index in [9.17, 15) is 4.79 Å². The second-order valence-electron chi connectivity index (χ2n) is 6.37. The first-order valence-corrected chi connectivity index (χ1v) is 9.25. The zero-order valence-corrected chi connectivity index (χ0v) is 15.9. The highest BCUT2D eigenvalue weighted by Crippen LogP contribution is 2.18. The van der Waals surface area contributed by atoms with Crippen molar-refractivity contribution in [1.29, 1.82) is 0 Å². The average Bonchev–Trinajstić information content (AvgIpc) is 2.51. The summed E-state index contributed by atoms with van der Waals surface area (Å²) in [5.41, 5.74) is 0.813.